The molecule has 0 bridgehead atoms. The number of nitrogens with one attached hydrogen (secondary N) is 1. The van der Waals surface area contributed by atoms with Crippen LogP contribution < -0.4 is 5.32 Å². The van der Waals surface area contributed by atoms with Crippen LogP contribution in [0.15, 0.2) is 53.2 Å². The topological polar surface area (TPSA) is 80.4 Å². The lowest BCUT2D eigenvalue weighted by Gasteiger charge is -2.35. The molecule has 0 aliphatic carbocycles. The molecule has 1 N–H and O–H groups in total. The van der Waals surface area contributed by atoms with Crippen molar-refractivity contribution in [3.8, 4) is 0 Å². The first-order chi connectivity index (χ1) is 13.5. The van der Waals surface area contributed by atoms with Crippen molar-refractivity contribution in [1.82, 2.24) is 19.8 Å². The molecule has 1 unspecified atom stereocenters. The molecule has 144 valence electrons. The first-order valence-electron chi connectivity index (χ1n) is 9.23. The van der Waals surface area contributed by atoms with E-state index in [-0.39, 0.29) is 18.4 Å². The Morgan fingerprint density at radius 1 is 1.21 bits per heavy atom. The average Bonchev–Trinajstić information content (AvgIpc) is 3.31. The number of benzene rings is 1. The van der Waals surface area contributed by atoms with Crippen LogP contribution in [0, 0.1) is 6.92 Å². The number of fused-ring (bicyclic) bond motifs is 1. The minimum atomic E-state index is -0.736. The van der Waals surface area contributed by atoms with Crippen LogP contribution in [-0.2, 0) is 24.8 Å². The van der Waals surface area contributed by atoms with Crippen molar-refractivity contribution in [2.45, 2.75) is 25.9 Å². The van der Waals surface area contributed by atoms with Gasteiger partial charge in [0.15, 0.2) is 6.04 Å². The second-order valence-electron chi connectivity index (χ2n) is 6.93. The van der Waals surface area contributed by atoms with Gasteiger partial charge < -0.3 is 19.2 Å². The van der Waals surface area contributed by atoms with Gasteiger partial charge in [0, 0.05) is 25.6 Å². The van der Waals surface area contributed by atoms with Gasteiger partial charge in [0.2, 0.25) is 5.91 Å². The largest absolute Gasteiger partial charge is 0.465 e. The van der Waals surface area contributed by atoms with Gasteiger partial charge in [0.25, 0.3) is 5.91 Å². The molecule has 2 amide bonds. The average molecular weight is 378 g/mol. The molecule has 0 saturated heterocycles. The Bertz CT molecular complexity index is 1010. The molecule has 3 heterocycles. The molecular formula is C21H22N4O3. The van der Waals surface area contributed by atoms with Crippen molar-refractivity contribution in [2.75, 3.05) is 6.54 Å². The summed E-state index contributed by atoms with van der Waals surface area (Å²) in [5.41, 5.74) is 2.17. The summed E-state index contributed by atoms with van der Waals surface area (Å²) in [5.74, 6) is 1.05. The first-order valence-corrected chi connectivity index (χ1v) is 9.23. The summed E-state index contributed by atoms with van der Waals surface area (Å²) in [6, 6.07) is 12.0. The molecule has 3 aromatic rings. The summed E-state index contributed by atoms with van der Waals surface area (Å²) in [4.78, 5) is 32.3. The van der Waals surface area contributed by atoms with Crippen LogP contribution in [0.5, 0.6) is 0 Å². The standard InChI is InChI=1S/C21H22N4O3/c1-14-8-9-16(28-14)12-22-20(26)19-18-17(23-13-24(18)2)10-11-25(19)21(27)15-6-4-3-5-7-15/h3-9,13,19H,10-12H2,1-2H3,(H,22,26). The fourth-order valence-electron chi connectivity index (χ4n) is 3.62. The number of hydrogen-bond acceptors (Lipinski definition) is 4. The third-order valence-electron chi connectivity index (χ3n) is 4.99. The SMILES string of the molecule is Cc1ccc(CNC(=O)C2c3c(ncn3C)CCN2C(=O)c2ccccc2)o1. The fraction of sp³-hybridized carbons (Fsp3) is 0.286. The Morgan fingerprint density at radius 2 is 2.00 bits per heavy atom. The van der Waals surface area contributed by atoms with Gasteiger partial charge in [-0.25, -0.2) is 4.98 Å². The predicted molar refractivity (Wildman–Crippen MR) is 102 cm³/mol. The Hall–Kier alpha value is -3.35. The molecule has 1 aliphatic rings. The lowest BCUT2D eigenvalue weighted by atomic mass is 10.00. The molecule has 1 aromatic carbocycles. The molecule has 2 aromatic heterocycles. The Morgan fingerprint density at radius 3 is 2.71 bits per heavy atom. The molecule has 0 fully saturated rings. The van der Waals surface area contributed by atoms with Gasteiger partial charge in [-0.05, 0) is 31.2 Å². The van der Waals surface area contributed by atoms with E-state index >= 15 is 0 Å². The molecule has 28 heavy (non-hydrogen) atoms. The van der Waals surface area contributed by atoms with Crippen molar-refractivity contribution in [2.24, 2.45) is 7.05 Å². The minimum Gasteiger partial charge on any atom is -0.465 e. The highest BCUT2D eigenvalue weighted by Gasteiger charge is 2.38. The van der Waals surface area contributed by atoms with Gasteiger partial charge >= 0.3 is 0 Å². The van der Waals surface area contributed by atoms with E-state index in [9.17, 15) is 9.59 Å². The monoisotopic (exact) mass is 378 g/mol. The zero-order chi connectivity index (χ0) is 19.7. The van der Waals surface area contributed by atoms with E-state index in [1.54, 1.807) is 23.4 Å². The Balaban J connectivity index is 1.63. The highest BCUT2D eigenvalue weighted by atomic mass is 16.3. The normalized spacial score (nSPS) is 15.9. The van der Waals surface area contributed by atoms with Crippen molar-refractivity contribution < 1.29 is 14.0 Å². The van der Waals surface area contributed by atoms with Gasteiger partial charge in [-0.1, -0.05) is 18.2 Å². The van der Waals surface area contributed by atoms with Gasteiger partial charge in [0.05, 0.1) is 24.3 Å². The minimum absolute atomic E-state index is 0.165. The number of aryl methyl sites for hydroxylation is 2. The third-order valence-corrected chi connectivity index (χ3v) is 4.99. The molecule has 1 aliphatic heterocycles. The molecule has 0 spiro atoms. The van der Waals surface area contributed by atoms with Crippen molar-refractivity contribution in [1.29, 1.82) is 0 Å². The maximum absolute atomic E-state index is 13.1. The summed E-state index contributed by atoms with van der Waals surface area (Å²) < 4.78 is 7.35. The molecule has 4 rings (SSSR count). The van der Waals surface area contributed by atoms with Gasteiger partial charge in [-0.15, -0.1) is 0 Å². The van der Waals surface area contributed by atoms with Crippen LogP contribution in [0.3, 0.4) is 0 Å². The second kappa shape index (κ2) is 7.34. The summed E-state index contributed by atoms with van der Waals surface area (Å²) >= 11 is 0. The molecule has 0 saturated carbocycles. The van der Waals surface area contributed by atoms with Crippen molar-refractivity contribution in [3.05, 3.63) is 77.3 Å². The predicted octanol–water partition coefficient (Wildman–Crippen LogP) is 2.38. The van der Waals surface area contributed by atoms with Gasteiger partial charge in [0.1, 0.15) is 11.5 Å². The number of furan rings is 1. The van der Waals surface area contributed by atoms with Gasteiger partial charge in [-0.2, -0.15) is 0 Å². The van der Waals surface area contributed by atoms with Crippen LogP contribution in [0.1, 0.15) is 39.3 Å². The quantitative estimate of drug-likeness (QED) is 0.756. The molecule has 1 atom stereocenters. The smallest absolute Gasteiger partial charge is 0.254 e. The number of amides is 2. The molecule has 7 nitrogen and oxygen atoms in total. The zero-order valence-electron chi connectivity index (χ0n) is 15.9. The highest BCUT2D eigenvalue weighted by Crippen LogP contribution is 2.30. The Labute approximate surface area is 163 Å². The van der Waals surface area contributed by atoms with Crippen molar-refractivity contribution in [3.63, 3.8) is 0 Å². The third kappa shape index (κ3) is 3.31. The number of imidazole rings is 1. The lowest BCUT2D eigenvalue weighted by molar-refractivity contribution is -0.126. The number of carbonyl (C=O) groups excluding carboxylic acids is 2. The van der Waals surface area contributed by atoms with E-state index in [1.807, 2.05) is 48.9 Å². The van der Waals surface area contributed by atoms with E-state index in [4.69, 9.17) is 4.42 Å². The van der Waals surface area contributed by atoms with E-state index < -0.39 is 6.04 Å². The summed E-state index contributed by atoms with van der Waals surface area (Å²) in [5, 5.41) is 2.91. The summed E-state index contributed by atoms with van der Waals surface area (Å²) in [6.45, 7) is 2.56. The van der Waals surface area contributed by atoms with Crippen LogP contribution in [-0.4, -0.2) is 32.8 Å². The van der Waals surface area contributed by atoms with E-state index in [1.165, 1.54) is 0 Å². The number of aromatic nitrogens is 2. The van der Waals surface area contributed by atoms with Crippen LogP contribution in [0.25, 0.3) is 0 Å². The second-order valence-corrected chi connectivity index (χ2v) is 6.93. The molecular weight excluding hydrogens is 356 g/mol. The summed E-state index contributed by atoms with van der Waals surface area (Å²) in [7, 11) is 1.85. The van der Waals surface area contributed by atoms with Crippen molar-refractivity contribution >= 4 is 11.8 Å². The maximum atomic E-state index is 13.1. The zero-order valence-corrected chi connectivity index (χ0v) is 15.9. The maximum Gasteiger partial charge on any atom is 0.254 e. The summed E-state index contributed by atoms with van der Waals surface area (Å²) in [6.07, 6.45) is 2.31. The van der Waals surface area contributed by atoms with E-state index in [2.05, 4.69) is 10.3 Å². The number of rotatable bonds is 4. The lowest BCUT2D eigenvalue weighted by Crippen LogP contribution is -2.47. The molecule has 7 heteroatoms. The fourth-order valence-corrected chi connectivity index (χ4v) is 3.62. The highest BCUT2D eigenvalue weighted by molar-refractivity contribution is 5.98. The number of nitrogens with zero attached hydrogens (tertiary/aromatic N) is 3. The molecule has 0 radical (unpaired) electrons. The Kier molecular flexibility index (Phi) is 4.73. The number of hydrogen-bond donors (Lipinski definition) is 1. The van der Waals surface area contributed by atoms with Crippen LogP contribution in [0.2, 0.25) is 0 Å². The van der Waals surface area contributed by atoms with Crippen LogP contribution >= 0.6 is 0 Å². The number of carbonyl (C=O) groups is 2. The first kappa shape index (κ1) is 18.0. The van der Waals surface area contributed by atoms with E-state index in [0.29, 0.717) is 24.3 Å². The van der Waals surface area contributed by atoms with Gasteiger partial charge in [-0.3, -0.25) is 9.59 Å². The van der Waals surface area contributed by atoms with E-state index in [0.717, 1.165) is 17.1 Å². The van der Waals surface area contributed by atoms with Crippen LogP contribution in [0.4, 0.5) is 0 Å².